The van der Waals surface area contributed by atoms with Crippen molar-refractivity contribution in [3.63, 3.8) is 0 Å². The van der Waals surface area contributed by atoms with Crippen LogP contribution in [0.4, 0.5) is 5.69 Å². The van der Waals surface area contributed by atoms with Crippen molar-refractivity contribution in [1.82, 2.24) is 0 Å². The quantitative estimate of drug-likeness (QED) is 0.842. The normalized spacial score (nSPS) is 10.4. The molecular weight excluding hydrogens is 286 g/mol. The Morgan fingerprint density at radius 1 is 0.944 bits per heavy atom. The van der Waals surface area contributed by atoms with Crippen molar-refractivity contribution in [2.75, 3.05) is 5.32 Å². The molecule has 0 spiro atoms. The highest BCUT2D eigenvalue weighted by molar-refractivity contribution is 9.10. The summed E-state index contributed by atoms with van der Waals surface area (Å²) in [6.07, 6.45) is 0. The zero-order chi connectivity index (χ0) is 13.1. The van der Waals surface area contributed by atoms with E-state index in [1.54, 1.807) is 0 Å². The second-order valence-corrected chi connectivity index (χ2v) is 5.44. The van der Waals surface area contributed by atoms with Crippen molar-refractivity contribution < 1.29 is 0 Å². The van der Waals surface area contributed by atoms with Crippen LogP contribution >= 0.6 is 15.9 Å². The van der Waals surface area contributed by atoms with Gasteiger partial charge in [-0.1, -0.05) is 30.3 Å². The summed E-state index contributed by atoms with van der Waals surface area (Å²) in [6, 6.07) is 12.7. The van der Waals surface area contributed by atoms with E-state index >= 15 is 0 Å². The molecule has 0 radical (unpaired) electrons. The Morgan fingerprint density at radius 2 is 1.61 bits per heavy atom. The molecule has 0 bridgehead atoms. The van der Waals surface area contributed by atoms with E-state index in [4.69, 9.17) is 0 Å². The van der Waals surface area contributed by atoms with E-state index in [2.05, 4.69) is 78.4 Å². The summed E-state index contributed by atoms with van der Waals surface area (Å²) >= 11 is 3.62. The van der Waals surface area contributed by atoms with Gasteiger partial charge in [-0.2, -0.15) is 0 Å². The van der Waals surface area contributed by atoms with E-state index in [1.807, 2.05) is 0 Å². The van der Waals surface area contributed by atoms with Crippen molar-refractivity contribution in [2.24, 2.45) is 0 Å². The molecule has 0 amide bonds. The molecule has 0 saturated heterocycles. The zero-order valence-electron chi connectivity index (χ0n) is 11.0. The molecule has 0 heterocycles. The van der Waals surface area contributed by atoms with Crippen LogP contribution in [0.3, 0.4) is 0 Å². The van der Waals surface area contributed by atoms with Gasteiger partial charge in [-0.25, -0.2) is 0 Å². The van der Waals surface area contributed by atoms with Gasteiger partial charge in [0, 0.05) is 16.7 Å². The number of anilines is 1. The fourth-order valence-corrected chi connectivity index (χ4v) is 2.38. The Kier molecular flexibility index (Phi) is 4.07. The highest BCUT2D eigenvalue weighted by Gasteiger charge is 2.04. The van der Waals surface area contributed by atoms with Crippen molar-refractivity contribution >= 4 is 21.6 Å². The third-order valence-electron chi connectivity index (χ3n) is 3.38. The van der Waals surface area contributed by atoms with Crippen LogP contribution in [0, 0.1) is 20.8 Å². The number of nitrogens with one attached hydrogen (secondary N) is 1. The summed E-state index contributed by atoms with van der Waals surface area (Å²) in [7, 11) is 0. The third kappa shape index (κ3) is 2.75. The number of halogens is 1. The lowest BCUT2D eigenvalue weighted by atomic mass is 10.0. The van der Waals surface area contributed by atoms with Gasteiger partial charge in [-0.15, -0.1) is 0 Å². The Morgan fingerprint density at radius 3 is 2.39 bits per heavy atom. The van der Waals surface area contributed by atoms with Gasteiger partial charge in [0.25, 0.3) is 0 Å². The SMILES string of the molecule is Cc1cccc(CNc2cccc(C)c2Br)c1C. The summed E-state index contributed by atoms with van der Waals surface area (Å²) in [6.45, 7) is 7.29. The molecule has 0 fully saturated rings. The molecular formula is C16H18BrN. The van der Waals surface area contributed by atoms with Gasteiger partial charge >= 0.3 is 0 Å². The van der Waals surface area contributed by atoms with Gasteiger partial charge in [0.15, 0.2) is 0 Å². The molecule has 0 aliphatic rings. The van der Waals surface area contributed by atoms with Gasteiger partial charge in [0.05, 0.1) is 0 Å². The Balaban J connectivity index is 2.17. The van der Waals surface area contributed by atoms with Crippen LogP contribution in [0.2, 0.25) is 0 Å². The average molecular weight is 304 g/mol. The molecule has 0 aliphatic heterocycles. The average Bonchev–Trinajstić information content (AvgIpc) is 2.36. The molecule has 2 aromatic rings. The first-order valence-corrected chi connectivity index (χ1v) is 6.93. The van der Waals surface area contributed by atoms with Crippen LogP contribution in [0.1, 0.15) is 22.3 Å². The number of aryl methyl sites for hydroxylation is 2. The minimum absolute atomic E-state index is 0.857. The second kappa shape index (κ2) is 5.57. The van der Waals surface area contributed by atoms with Crippen molar-refractivity contribution in [2.45, 2.75) is 27.3 Å². The van der Waals surface area contributed by atoms with Crippen LogP contribution in [0.15, 0.2) is 40.9 Å². The molecule has 94 valence electrons. The van der Waals surface area contributed by atoms with E-state index in [0.717, 1.165) is 16.7 Å². The molecule has 18 heavy (non-hydrogen) atoms. The first-order chi connectivity index (χ1) is 8.59. The predicted octanol–water partition coefficient (Wildman–Crippen LogP) is 4.99. The van der Waals surface area contributed by atoms with Crippen LogP contribution in [-0.2, 0) is 6.54 Å². The number of hydrogen-bond acceptors (Lipinski definition) is 1. The first kappa shape index (κ1) is 13.2. The topological polar surface area (TPSA) is 12.0 Å². The van der Waals surface area contributed by atoms with Gasteiger partial charge in [0.1, 0.15) is 0 Å². The molecule has 0 saturated carbocycles. The predicted molar refractivity (Wildman–Crippen MR) is 82.1 cm³/mol. The maximum absolute atomic E-state index is 3.62. The van der Waals surface area contributed by atoms with E-state index in [-0.39, 0.29) is 0 Å². The molecule has 2 rings (SSSR count). The van der Waals surface area contributed by atoms with Crippen LogP contribution in [0.5, 0.6) is 0 Å². The molecule has 0 unspecified atom stereocenters. The molecule has 1 nitrogen and oxygen atoms in total. The van der Waals surface area contributed by atoms with Crippen molar-refractivity contribution in [3.05, 3.63) is 63.1 Å². The monoisotopic (exact) mass is 303 g/mol. The van der Waals surface area contributed by atoms with Gasteiger partial charge in [-0.3, -0.25) is 0 Å². The summed E-state index contributed by atoms with van der Waals surface area (Å²) in [5.41, 5.74) is 6.46. The number of hydrogen-bond donors (Lipinski definition) is 1. The van der Waals surface area contributed by atoms with Crippen LogP contribution in [0.25, 0.3) is 0 Å². The Labute approximate surface area is 117 Å². The maximum atomic E-state index is 3.62. The molecule has 1 N–H and O–H groups in total. The van der Waals surface area contributed by atoms with Crippen LogP contribution < -0.4 is 5.32 Å². The minimum Gasteiger partial charge on any atom is -0.380 e. The zero-order valence-corrected chi connectivity index (χ0v) is 12.6. The lowest BCUT2D eigenvalue weighted by Gasteiger charge is -2.13. The first-order valence-electron chi connectivity index (χ1n) is 6.13. The van der Waals surface area contributed by atoms with E-state index in [9.17, 15) is 0 Å². The van der Waals surface area contributed by atoms with Gasteiger partial charge in [0.2, 0.25) is 0 Å². The molecule has 0 aromatic heterocycles. The summed E-state index contributed by atoms with van der Waals surface area (Å²) in [5, 5.41) is 3.49. The number of benzene rings is 2. The molecule has 0 atom stereocenters. The molecule has 2 aromatic carbocycles. The Hall–Kier alpha value is -1.28. The highest BCUT2D eigenvalue weighted by Crippen LogP contribution is 2.26. The summed E-state index contributed by atoms with van der Waals surface area (Å²) < 4.78 is 1.15. The minimum atomic E-state index is 0.857. The van der Waals surface area contributed by atoms with Crippen LogP contribution in [-0.4, -0.2) is 0 Å². The van der Waals surface area contributed by atoms with Gasteiger partial charge in [-0.05, 0) is 65.0 Å². The highest BCUT2D eigenvalue weighted by atomic mass is 79.9. The Bertz CT molecular complexity index is 510. The smallest absolute Gasteiger partial charge is 0.0490 e. The second-order valence-electron chi connectivity index (χ2n) is 4.65. The lowest BCUT2D eigenvalue weighted by molar-refractivity contribution is 1.10. The van der Waals surface area contributed by atoms with E-state index < -0.39 is 0 Å². The molecule has 0 aliphatic carbocycles. The lowest BCUT2D eigenvalue weighted by Crippen LogP contribution is -2.03. The fraction of sp³-hybridized carbons (Fsp3) is 0.250. The maximum Gasteiger partial charge on any atom is 0.0490 e. The standard InChI is InChI=1S/C16H18BrN/c1-11-6-4-8-14(13(11)3)10-18-15-9-5-7-12(2)16(15)17/h4-9,18H,10H2,1-3H3. The summed E-state index contributed by atoms with van der Waals surface area (Å²) in [4.78, 5) is 0. The van der Waals surface area contributed by atoms with Crippen molar-refractivity contribution in [1.29, 1.82) is 0 Å². The molecule has 2 heteroatoms. The third-order valence-corrected chi connectivity index (χ3v) is 4.43. The number of rotatable bonds is 3. The fourth-order valence-electron chi connectivity index (χ4n) is 1.98. The van der Waals surface area contributed by atoms with E-state index in [0.29, 0.717) is 0 Å². The largest absolute Gasteiger partial charge is 0.380 e. The summed E-state index contributed by atoms with van der Waals surface area (Å²) in [5.74, 6) is 0. The van der Waals surface area contributed by atoms with Crippen molar-refractivity contribution in [3.8, 4) is 0 Å². The van der Waals surface area contributed by atoms with E-state index in [1.165, 1.54) is 22.3 Å². The van der Waals surface area contributed by atoms with Gasteiger partial charge < -0.3 is 5.32 Å².